The van der Waals surface area contributed by atoms with E-state index in [2.05, 4.69) is 15.3 Å². The first-order chi connectivity index (χ1) is 12.5. The first-order valence-electron chi connectivity index (χ1n) is 8.06. The van der Waals surface area contributed by atoms with Gasteiger partial charge in [-0.05, 0) is 12.1 Å². The van der Waals surface area contributed by atoms with E-state index < -0.39 is 0 Å². The fourth-order valence-corrected chi connectivity index (χ4v) is 2.81. The second-order valence-corrected chi connectivity index (χ2v) is 6.57. The van der Waals surface area contributed by atoms with Gasteiger partial charge in [0.25, 0.3) is 5.91 Å². The van der Waals surface area contributed by atoms with Gasteiger partial charge in [-0.1, -0.05) is 11.8 Å². The number of hydrogen-bond donors (Lipinski definition) is 1. The maximum atomic E-state index is 11.9. The summed E-state index contributed by atoms with van der Waals surface area (Å²) in [6.45, 7) is 1.32. The largest absolute Gasteiger partial charge is 0.455 e. The summed E-state index contributed by atoms with van der Waals surface area (Å²) in [7, 11) is 7.06. The fraction of sp³-hybridized carbons (Fsp3) is 0.471. The SMILES string of the molecule is COCCNC(=O)c1ccc(CSc2nc(COC)cc(N(C)C)n2)o1. The number of thioether (sulfide) groups is 1. The topological polar surface area (TPSA) is 89.7 Å². The number of carbonyl (C=O) groups is 1. The molecule has 0 atom stereocenters. The van der Waals surface area contributed by atoms with Crippen molar-refractivity contribution in [3.05, 3.63) is 35.4 Å². The highest BCUT2D eigenvalue weighted by Gasteiger charge is 2.12. The van der Waals surface area contributed by atoms with Crippen LogP contribution in [0.25, 0.3) is 0 Å². The third-order valence-electron chi connectivity index (χ3n) is 3.32. The summed E-state index contributed by atoms with van der Waals surface area (Å²) in [5, 5.41) is 3.35. The van der Waals surface area contributed by atoms with Crippen LogP contribution in [0.1, 0.15) is 22.0 Å². The van der Waals surface area contributed by atoms with E-state index in [4.69, 9.17) is 13.9 Å². The van der Waals surface area contributed by atoms with E-state index in [9.17, 15) is 4.79 Å². The molecular weight excluding hydrogens is 356 g/mol. The Balaban J connectivity index is 1.99. The summed E-state index contributed by atoms with van der Waals surface area (Å²) in [6, 6.07) is 5.33. The van der Waals surface area contributed by atoms with Gasteiger partial charge < -0.3 is 24.1 Å². The van der Waals surface area contributed by atoms with E-state index in [0.29, 0.717) is 36.4 Å². The summed E-state index contributed by atoms with van der Waals surface area (Å²) in [5.41, 5.74) is 0.811. The Morgan fingerprint density at radius 2 is 2.08 bits per heavy atom. The highest BCUT2D eigenvalue weighted by Crippen LogP contribution is 2.23. The normalized spacial score (nSPS) is 10.8. The second-order valence-electron chi connectivity index (χ2n) is 5.63. The molecule has 0 aliphatic carbocycles. The van der Waals surface area contributed by atoms with Crippen molar-refractivity contribution in [2.45, 2.75) is 17.5 Å². The van der Waals surface area contributed by atoms with Crippen molar-refractivity contribution in [2.75, 3.05) is 46.4 Å². The number of ether oxygens (including phenoxy) is 2. The van der Waals surface area contributed by atoms with Gasteiger partial charge in [-0.25, -0.2) is 9.97 Å². The number of furan rings is 1. The zero-order valence-corrected chi connectivity index (χ0v) is 16.3. The van der Waals surface area contributed by atoms with Gasteiger partial charge in [-0.15, -0.1) is 0 Å². The van der Waals surface area contributed by atoms with Crippen molar-refractivity contribution in [1.29, 1.82) is 0 Å². The highest BCUT2D eigenvalue weighted by molar-refractivity contribution is 7.98. The molecule has 9 heteroatoms. The van der Waals surface area contributed by atoms with Gasteiger partial charge in [0, 0.05) is 40.9 Å². The molecule has 0 saturated carbocycles. The predicted octanol–water partition coefficient (Wildman–Crippen LogP) is 1.95. The van der Waals surface area contributed by atoms with Crippen LogP contribution in [-0.4, -0.2) is 57.3 Å². The van der Waals surface area contributed by atoms with E-state index in [-0.39, 0.29) is 11.7 Å². The van der Waals surface area contributed by atoms with Gasteiger partial charge in [0.1, 0.15) is 11.6 Å². The molecule has 0 bridgehead atoms. The van der Waals surface area contributed by atoms with E-state index in [0.717, 1.165) is 11.5 Å². The molecule has 26 heavy (non-hydrogen) atoms. The quantitative estimate of drug-likeness (QED) is 0.380. The molecule has 0 saturated heterocycles. The number of aromatic nitrogens is 2. The van der Waals surface area contributed by atoms with Gasteiger partial charge in [0.2, 0.25) is 0 Å². The molecule has 2 aromatic rings. The molecule has 142 valence electrons. The Morgan fingerprint density at radius 1 is 1.27 bits per heavy atom. The van der Waals surface area contributed by atoms with Crippen molar-refractivity contribution in [1.82, 2.24) is 15.3 Å². The Morgan fingerprint density at radius 3 is 2.77 bits per heavy atom. The Kier molecular flexibility index (Phi) is 7.89. The molecule has 2 rings (SSSR count). The monoisotopic (exact) mass is 380 g/mol. The number of methoxy groups -OCH3 is 2. The fourth-order valence-electron chi connectivity index (χ4n) is 2.04. The van der Waals surface area contributed by atoms with Gasteiger partial charge in [0.15, 0.2) is 10.9 Å². The smallest absolute Gasteiger partial charge is 0.287 e. The maximum Gasteiger partial charge on any atom is 0.287 e. The highest BCUT2D eigenvalue weighted by atomic mass is 32.2. The van der Waals surface area contributed by atoms with Crippen LogP contribution in [-0.2, 0) is 21.8 Å². The van der Waals surface area contributed by atoms with Crippen LogP contribution in [0.15, 0.2) is 27.8 Å². The van der Waals surface area contributed by atoms with E-state index >= 15 is 0 Å². The molecule has 0 fully saturated rings. The van der Waals surface area contributed by atoms with E-state index in [1.165, 1.54) is 11.8 Å². The summed E-state index contributed by atoms with van der Waals surface area (Å²) in [4.78, 5) is 22.8. The van der Waals surface area contributed by atoms with Crippen LogP contribution >= 0.6 is 11.8 Å². The average Bonchev–Trinajstić information content (AvgIpc) is 3.09. The number of nitrogens with zero attached hydrogens (tertiary/aromatic N) is 3. The lowest BCUT2D eigenvalue weighted by Crippen LogP contribution is -2.26. The lowest BCUT2D eigenvalue weighted by Gasteiger charge is -2.13. The Labute approximate surface area is 157 Å². The third-order valence-corrected chi connectivity index (χ3v) is 4.19. The minimum Gasteiger partial charge on any atom is -0.455 e. The average molecular weight is 380 g/mol. The van der Waals surface area contributed by atoms with Gasteiger partial charge in [-0.2, -0.15) is 0 Å². The molecule has 0 unspecified atom stereocenters. The maximum absolute atomic E-state index is 11.9. The van der Waals surface area contributed by atoms with Crippen LogP contribution in [0.5, 0.6) is 0 Å². The number of anilines is 1. The molecule has 0 aliphatic heterocycles. The van der Waals surface area contributed by atoms with Crippen LogP contribution < -0.4 is 10.2 Å². The molecule has 0 aromatic carbocycles. The number of hydrogen-bond acceptors (Lipinski definition) is 8. The summed E-state index contributed by atoms with van der Waals surface area (Å²) < 4.78 is 15.6. The van der Waals surface area contributed by atoms with Gasteiger partial charge in [0.05, 0.1) is 24.7 Å². The summed E-state index contributed by atoms with van der Waals surface area (Å²) >= 11 is 1.44. The van der Waals surface area contributed by atoms with Crippen molar-refractivity contribution < 1.29 is 18.7 Å². The molecule has 0 aliphatic rings. The van der Waals surface area contributed by atoms with Crippen LogP contribution in [0, 0.1) is 0 Å². The molecule has 1 N–H and O–H groups in total. The zero-order chi connectivity index (χ0) is 18.9. The molecular formula is C17H24N4O4S. The predicted molar refractivity (Wildman–Crippen MR) is 99.6 cm³/mol. The van der Waals surface area contributed by atoms with Gasteiger partial charge >= 0.3 is 0 Å². The van der Waals surface area contributed by atoms with E-state index in [1.807, 2.05) is 25.1 Å². The zero-order valence-electron chi connectivity index (χ0n) is 15.4. The number of carbonyl (C=O) groups excluding carboxylic acids is 1. The molecule has 8 nitrogen and oxygen atoms in total. The molecule has 1 amide bonds. The van der Waals surface area contributed by atoms with Crippen molar-refractivity contribution >= 4 is 23.5 Å². The van der Waals surface area contributed by atoms with Crippen LogP contribution in [0.2, 0.25) is 0 Å². The first-order valence-corrected chi connectivity index (χ1v) is 9.05. The lowest BCUT2D eigenvalue weighted by molar-refractivity contribution is 0.0908. The van der Waals surface area contributed by atoms with Gasteiger partial charge in [-0.3, -0.25) is 4.79 Å². The standard InChI is InChI=1S/C17H24N4O4S/c1-21(2)15-9-12(10-24-4)19-17(20-15)26-11-13-5-6-14(25-13)16(22)18-7-8-23-3/h5-6,9H,7-8,10-11H2,1-4H3,(H,18,22). The second kappa shape index (κ2) is 10.1. The van der Waals surface area contributed by atoms with Crippen LogP contribution in [0.3, 0.4) is 0 Å². The van der Waals surface area contributed by atoms with E-state index in [1.54, 1.807) is 26.4 Å². The Bertz CT molecular complexity index is 721. The molecule has 2 heterocycles. The van der Waals surface area contributed by atoms with Crippen molar-refractivity contribution in [2.24, 2.45) is 0 Å². The van der Waals surface area contributed by atoms with Crippen molar-refractivity contribution in [3.8, 4) is 0 Å². The minimum atomic E-state index is -0.258. The minimum absolute atomic E-state index is 0.258. The Hall–Kier alpha value is -2.10. The summed E-state index contributed by atoms with van der Waals surface area (Å²) in [5.74, 6) is 2.03. The number of amides is 1. The number of nitrogens with one attached hydrogen (secondary N) is 1. The summed E-state index contributed by atoms with van der Waals surface area (Å²) in [6.07, 6.45) is 0. The molecule has 2 aromatic heterocycles. The lowest BCUT2D eigenvalue weighted by atomic mass is 10.4. The van der Waals surface area contributed by atoms with Crippen molar-refractivity contribution in [3.63, 3.8) is 0 Å². The molecule has 0 spiro atoms. The van der Waals surface area contributed by atoms with Crippen LogP contribution in [0.4, 0.5) is 5.82 Å². The third kappa shape index (κ3) is 6.01. The first kappa shape index (κ1) is 20.2. The molecule has 0 radical (unpaired) electrons. The number of rotatable bonds is 10.